The lowest BCUT2D eigenvalue weighted by Crippen LogP contribution is -2.49. The van der Waals surface area contributed by atoms with Gasteiger partial charge < -0.3 is 15.0 Å². The van der Waals surface area contributed by atoms with Gasteiger partial charge in [-0.15, -0.1) is 0 Å². The van der Waals surface area contributed by atoms with E-state index in [9.17, 15) is 9.59 Å². The van der Waals surface area contributed by atoms with E-state index in [4.69, 9.17) is 4.74 Å². The van der Waals surface area contributed by atoms with Gasteiger partial charge in [-0.25, -0.2) is 4.79 Å². The van der Waals surface area contributed by atoms with E-state index in [-0.39, 0.29) is 23.8 Å². The van der Waals surface area contributed by atoms with Gasteiger partial charge in [0.05, 0.1) is 13.0 Å². The van der Waals surface area contributed by atoms with Crippen LogP contribution in [0.15, 0.2) is 18.2 Å². The van der Waals surface area contributed by atoms with Crippen LogP contribution in [0.25, 0.3) is 0 Å². The summed E-state index contributed by atoms with van der Waals surface area (Å²) in [7, 11) is 1.42. The molecule has 0 spiro atoms. The molecule has 0 aliphatic carbocycles. The van der Waals surface area contributed by atoms with Crippen molar-refractivity contribution in [1.82, 2.24) is 10.2 Å². The van der Waals surface area contributed by atoms with Gasteiger partial charge in [-0.3, -0.25) is 4.79 Å². The minimum absolute atomic E-state index is 0.0450. The highest BCUT2D eigenvalue weighted by molar-refractivity contribution is 5.76. The SMILES string of the molecule is COC(=O)[C@@H]1CCN(C(=O)NCCc2c(C)cccc2C)C[C@H]1C. The summed E-state index contributed by atoms with van der Waals surface area (Å²) in [6.45, 7) is 8.01. The lowest BCUT2D eigenvalue weighted by Gasteiger charge is -2.35. The summed E-state index contributed by atoms with van der Waals surface area (Å²) >= 11 is 0. The number of nitrogens with one attached hydrogen (secondary N) is 1. The molecule has 1 heterocycles. The Kier molecular flexibility index (Phi) is 6.23. The molecular formula is C19H28N2O3. The van der Waals surface area contributed by atoms with E-state index in [1.54, 1.807) is 4.90 Å². The number of piperidine rings is 1. The van der Waals surface area contributed by atoms with Crippen molar-refractivity contribution in [2.45, 2.75) is 33.6 Å². The van der Waals surface area contributed by atoms with Crippen LogP contribution in [0.4, 0.5) is 4.79 Å². The zero-order chi connectivity index (χ0) is 17.7. The fraction of sp³-hybridized carbons (Fsp3) is 0.579. The highest BCUT2D eigenvalue weighted by Gasteiger charge is 2.33. The number of urea groups is 1. The van der Waals surface area contributed by atoms with Crippen molar-refractivity contribution in [2.75, 3.05) is 26.7 Å². The third kappa shape index (κ3) is 4.28. The Morgan fingerprint density at radius 3 is 2.54 bits per heavy atom. The molecule has 1 aliphatic rings. The van der Waals surface area contributed by atoms with Crippen LogP contribution in [-0.2, 0) is 16.0 Å². The van der Waals surface area contributed by atoms with Crippen molar-refractivity contribution in [1.29, 1.82) is 0 Å². The summed E-state index contributed by atoms with van der Waals surface area (Å²) in [6, 6.07) is 6.21. The summed E-state index contributed by atoms with van der Waals surface area (Å²) in [5.74, 6) is -0.151. The Morgan fingerprint density at radius 2 is 1.96 bits per heavy atom. The van der Waals surface area contributed by atoms with Gasteiger partial charge in [0.25, 0.3) is 0 Å². The monoisotopic (exact) mass is 332 g/mol. The number of benzene rings is 1. The first-order valence-corrected chi connectivity index (χ1v) is 8.59. The van der Waals surface area contributed by atoms with E-state index in [1.165, 1.54) is 23.8 Å². The standard InChI is InChI=1S/C19H28N2O3/c1-13-6-5-7-14(2)16(13)8-10-20-19(23)21-11-9-17(15(3)12-21)18(22)24-4/h5-7,15,17H,8-12H2,1-4H3,(H,20,23)/t15-,17-/m1/s1. The molecule has 0 aromatic heterocycles. The first-order valence-electron chi connectivity index (χ1n) is 8.59. The quantitative estimate of drug-likeness (QED) is 0.863. The fourth-order valence-corrected chi connectivity index (χ4v) is 3.48. The van der Waals surface area contributed by atoms with E-state index in [0.717, 1.165) is 6.42 Å². The Hall–Kier alpha value is -2.04. The van der Waals surface area contributed by atoms with Gasteiger partial charge in [0.15, 0.2) is 0 Å². The number of likely N-dealkylation sites (tertiary alicyclic amines) is 1. The molecule has 1 aromatic rings. The van der Waals surface area contributed by atoms with E-state index < -0.39 is 0 Å². The van der Waals surface area contributed by atoms with Crippen molar-refractivity contribution < 1.29 is 14.3 Å². The van der Waals surface area contributed by atoms with Gasteiger partial charge in [-0.1, -0.05) is 25.1 Å². The number of esters is 1. The molecule has 2 atom stereocenters. The van der Waals surface area contributed by atoms with Crippen LogP contribution < -0.4 is 5.32 Å². The van der Waals surface area contributed by atoms with Crippen molar-refractivity contribution in [3.8, 4) is 0 Å². The van der Waals surface area contributed by atoms with E-state index >= 15 is 0 Å². The molecule has 2 amide bonds. The van der Waals surface area contributed by atoms with Gasteiger partial charge in [0.1, 0.15) is 0 Å². The summed E-state index contributed by atoms with van der Waals surface area (Å²) in [6.07, 6.45) is 1.50. The lowest BCUT2D eigenvalue weighted by molar-refractivity contribution is -0.148. The number of ether oxygens (including phenoxy) is 1. The van der Waals surface area contributed by atoms with Gasteiger partial charge in [0, 0.05) is 19.6 Å². The number of carbonyl (C=O) groups is 2. The molecule has 1 fully saturated rings. The van der Waals surface area contributed by atoms with Crippen LogP contribution in [0.3, 0.4) is 0 Å². The second-order valence-corrected chi connectivity index (χ2v) is 6.69. The molecule has 0 bridgehead atoms. The number of aryl methyl sites for hydroxylation is 2. The topological polar surface area (TPSA) is 58.6 Å². The highest BCUT2D eigenvalue weighted by Crippen LogP contribution is 2.24. The Bertz CT molecular complexity index is 580. The molecule has 5 nitrogen and oxygen atoms in total. The average Bonchev–Trinajstić information content (AvgIpc) is 2.56. The number of hydrogen-bond acceptors (Lipinski definition) is 3. The maximum atomic E-state index is 12.3. The van der Waals surface area contributed by atoms with Crippen LogP contribution in [0.5, 0.6) is 0 Å². The molecule has 132 valence electrons. The maximum Gasteiger partial charge on any atom is 0.317 e. The summed E-state index contributed by atoms with van der Waals surface area (Å²) < 4.78 is 4.83. The van der Waals surface area contributed by atoms with Crippen molar-refractivity contribution in [3.05, 3.63) is 34.9 Å². The van der Waals surface area contributed by atoms with Crippen LogP contribution in [0.1, 0.15) is 30.0 Å². The summed E-state index contributed by atoms with van der Waals surface area (Å²) in [5.41, 5.74) is 3.82. The Morgan fingerprint density at radius 1 is 1.29 bits per heavy atom. The minimum atomic E-state index is -0.169. The van der Waals surface area contributed by atoms with E-state index in [0.29, 0.717) is 26.1 Å². The second kappa shape index (κ2) is 8.18. The zero-order valence-electron chi connectivity index (χ0n) is 15.1. The molecule has 1 N–H and O–H groups in total. The van der Waals surface area contributed by atoms with Crippen LogP contribution in [0, 0.1) is 25.7 Å². The Labute approximate surface area is 144 Å². The van der Waals surface area contributed by atoms with E-state index in [2.05, 4.69) is 37.4 Å². The van der Waals surface area contributed by atoms with Crippen LogP contribution >= 0.6 is 0 Å². The summed E-state index contributed by atoms with van der Waals surface area (Å²) in [4.78, 5) is 25.9. The fourth-order valence-electron chi connectivity index (χ4n) is 3.48. The molecule has 1 aliphatic heterocycles. The van der Waals surface area contributed by atoms with Gasteiger partial charge in [-0.2, -0.15) is 0 Å². The zero-order valence-corrected chi connectivity index (χ0v) is 15.1. The number of hydrogen-bond donors (Lipinski definition) is 1. The third-order valence-corrected chi connectivity index (χ3v) is 4.99. The Balaban J connectivity index is 1.82. The average molecular weight is 332 g/mol. The number of amides is 2. The second-order valence-electron chi connectivity index (χ2n) is 6.69. The number of rotatable bonds is 4. The maximum absolute atomic E-state index is 12.3. The van der Waals surface area contributed by atoms with Crippen molar-refractivity contribution >= 4 is 12.0 Å². The molecule has 0 unspecified atom stereocenters. The van der Waals surface area contributed by atoms with Gasteiger partial charge in [-0.05, 0) is 49.3 Å². The smallest absolute Gasteiger partial charge is 0.317 e. The third-order valence-electron chi connectivity index (χ3n) is 4.99. The number of carbonyl (C=O) groups excluding carboxylic acids is 2. The molecule has 2 rings (SSSR count). The first-order chi connectivity index (χ1) is 11.4. The number of methoxy groups -OCH3 is 1. The molecule has 1 aromatic carbocycles. The minimum Gasteiger partial charge on any atom is -0.469 e. The van der Waals surface area contributed by atoms with Crippen molar-refractivity contribution in [3.63, 3.8) is 0 Å². The molecular weight excluding hydrogens is 304 g/mol. The van der Waals surface area contributed by atoms with Gasteiger partial charge in [0.2, 0.25) is 0 Å². The first kappa shape index (κ1) is 18.3. The largest absolute Gasteiger partial charge is 0.469 e. The predicted molar refractivity (Wildman–Crippen MR) is 93.9 cm³/mol. The van der Waals surface area contributed by atoms with Crippen molar-refractivity contribution in [2.24, 2.45) is 11.8 Å². The van der Waals surface area contributed by atoms with Gasteiger partial charge >= 0.3 is 12.0 Å². The number of nitrogens with zero attached hydrogens (tertiary/aromatic N) is 1. The normalized spacial score (nSPS) is 20.6. The van der Waals surface area contributed by atoms with Crippen LogP contribution in [0.2, 0.25) is 0 Å². The molecule has 0 radical (unpaired) electrons. The van der Waals surface area contributed by atoms with E-state index in [1.807, 2.05) is 6.92 Å². The highest BCUT2D eigenvalue weighted by atomic mass is 16.5. The molecule has 24 heavy (non-hydrogen) atoms. The molecule has 0 saturated carbocycles. The lowest BCUT2D eigenvalue weighted by atomic mass is 9.87. The summed E-state index contributed by atoms with van der Waals surface area (Å²) in [5, 5.41) is 3.00. The predicted octanol–water partition coefficient (Wildman–Crippen LogP) is 2.69. The molecule has 1 saturated heterocycles. The van der Waals surface area contributed by atoms with Crippen LogP contribution in [-0.4, -0.2) is 43.6 Å². The molecule has 5 heteroatoms.